The van der Waals surface area contributed by atoms with Crippen molar-refractivity contribution >= 4 is 0 Å². The predicted octanol–water partition coefficient (Wildman–Crippen LogP) is 5.64. The second-order valence-electron chi connectivity index (χ2n) is 6.39. The Morgan fingerprint density at radius 1 is 0.667 bits per heavy atom. The van der Waals surface area contributed by atoms with E-state index in [1.807, 2.05) is 0 Å². The van der Waals surface area contributed by atoms with Crippen LogP contribution in [0, 0.1) is 11.8 Å². The van der Waals surface area contributed by atoms with Crippen molar-refractivity contribution in [3.63, 3.8) is 0 Å². The van der Waals surface area contributed by atoms with Gasteiger partial charge in [0.15, 0.2) is 0 Å². The van der Waals surface area contributed by atoms with E-state index < -0.39 is 0 Å². The Morgan fingerprint density at radius 2 is 1.00 bits per heavy atom. The molecule has 0 saturated heterocycles. The highest BCUT2D eigenvalue weighted by Crippen LogP contribution is 2.13. The van der Waals surface area contributed by atoms with Gasteiger partial charge in [0, 0.05) is 0 Å². The fourth-order valence-electron chi connectivity index (χ4n) is 2.30. The van der Waals surface area contributed by atoms with E-state index in [1.165, 1.54) is 49.7 Å². The van der Waals surface area contributed by atoms with E-state index >= 15 is 0 Å². The summed E-state index contributed by atoms with van der Waals surface area (Å²) in [5.74, 6) is 1.67. The van der Waals surface area contributed by atoms with Gasteiger partial charge < -0.3 is 0 Å². The minimum Gasteiger partial charge on any atom is -0.0628 e. The van der Waals surface area contributed by atoms with Gasteiger partial charge in [0.25, 0.3) is 0 Å². The molecule has 0 heterocycles. The van der Waals surface area contributed by atoms with Crippen LogP contribution >= 0.6 is 0 Å². The SMILES string of the molecule is CC(C)CCCc1ccc(CCCC(C)C)cc1. The minimum absolute atomic E-state index is 0.834. The van der Waals surface area contributed by atoms with E-state index in [0.29, 0.717) is 0 Å². The zero-order valence-corrected chi connectivity index (χ0v) is 12.7. The van der Waals surface area contributed by atoms with Crippen LogP contribution in [-0.2, 0) is 12.8 Å². The second-order valence-corrected chi connectivity index (χ2v) is 6.39. The summed E-state index contributed by atoms with van der Waals surface area (Å²) in [6.07, 6.45) is 7.82. The first-order valence-electron chi connectivity index (χ1n) is 7.65. The molecule has 0 aliphatic rings. The first kappa shape index (κ1) is 15.3. The molecule has 0 N–H and O–H groups in total. The molecule has 18 heavy (non-hydrogen) atoms. The molecular weight excluding hydrogens is 216 g/mol. The fraction of sp³-hybridized carbons (Fsp3) is 0.667. The Labute approximate surface area is 114 Å². The first-order valence-corrected chi connectivity index (χ1v) is 7.65. The molecule has 0 aromatic heterocycles. The minimum atomic E-state index is 0.834. The third-order valence-corrected chi connectivity index (χ3v) is 3.52. The first-order chi connectivity index (χ1) is 8.58. The van der Waals surface area contributed by atoms with Gasteiger partial charge in [-0.3, -0.25) is 0 Å². The zero-order chi connectivity index (χ0) is 13.4. The smallest absolute Gasteiger partial charge is 0.0279 e. The lowest BCUT2D eigenvalue weighted by Crippen LogP contribution is -1.93. The molecule has 0 atom stereocenters. The van der Waals surface area contributed by atoms with E-state index in [4.69, 9.17) is 0 Å². The monoisotopic (exact) mass is 246 g/mol. The van der Waals surface area contributed by atoms with Crippen LogP contribution < -0.4 is 0 Å². The maximum atomic E-state index is 2.32. The highest BCUT2D eigenvalue weighted by atomic mass is 14.0. The summed E-state index contributed by atoms with van der Waals surface area (Å²) in [7, 11) is 0. The summed E-state index contributed by atoms with van der Waals surface area (Å²) < 4.78 is 0. The molecule has 0 radical (unpaired) electrons. The van der Waals surface area contributed by atoms with Crippen molar-refractivity contribution in [3.05, 3.63) is 35.4 Å². The van der Waals surface area contributed by atoms with Crippen molar-refractivity contribution in [1.29, 1.82) is 0 Å². The van der Waals surface area contributed by atoms with Gasteiger partial charge in [-0.25, -0.2) is 0 Å². The van der Waals surface area contributed by atoms with E-state index in [-0.39, 0.29) is 0 Å². The van der Waals surface area contributed by atoms with Gasteiger partial charge in [-0.05, 0) is 48.6 Å². The highest BCUT2D eigenvalue weighted by Gasteiger charge is 1.99. The Bertz CT molecular complexity index is 272. The molecule has 0 bridgehead atoms. The van der Waals surface area contributed by atoms with E-state index in [2.05, 4.69) is 52.0 Å². The van der Waals surface area contributed by atoms with Crippen LogP contribution in [0.4, 0.5) is 0 Å². The van der Waals surface area contributed by atoms with Crippen LogP contribution in [0.25, 0.3) is 0 Å². The van der Waals surface area contributed by atoms with Crippen LogP contribution in [0.3, 0.4) is 0 Å². The summed E-state index contributed by atoms with van der Waals surface area (Å²) in [6.45, 7) is 9.21. The molecule has 102 valence electrons. The molecule has 0 unspecified atom stereocenters. The third kappa shape index (κ3) is 6.83. The molecule has 0 nitrogen and oxygen atoms in total. The molecular formula is C18H30. The van der Waals surface area contributed by atoms with E-state index in [1.54, 1.807) is 0 Å². The van der Waals surface area contributed by atoms with E-state index in [0.717, 1.165) is 11.8 Å². The molecule has 1 rings (SSSR count). The zero-order valence-electron chi connectivity index (χ0n) is 12.7. The summed E-state index contributed by atoms with van der Waals surface area (Å²) >= 11 is 0. The largest absolute Gasteiger partial charge is 0.0628 e. The van der Waals surface area contributed by atoms with Crippen LogP contribution in [0.5, 0.6) is 0 Å². The molecule has 1 aromatic carbocycles. The lowest BCUT2D eigenvalue weighted by Gasteiger charge is -2.07. The van der Waals surface area contributed by atoms with Gasteiger partial charge in [-0.2, -0.15) is 0 Å². The van der Waals surface area contributed by atoms with Crippen molar-refractivity contribution < 1.29 is 0 Å². The van der Waals surface area contributed by atoms with E-state index in [9.17, 15) is 0 Å². The standard InChI is InChI=1S/C18H30/c1-15(2)7-5-9-17-11-13-18(14-12-17)10-6-8-16(3)4/h11-16H,5-10H2,1-4H3. The molecule has 1 aromatic rings. The van der Waals surface area contributed by atoms with Crippen molar-refractivity contribution in [1.82, 2.24) is 0 Å². The summed E-state index contributed by atoms with van der Waals surface area (Å²) in [5, 5.41) is 0. The van der Waals surface area contributed by atoms with Crippen LogP contribution in [0.2, 0.25) is 0 Å². The van der Waals surface area contributed by atoms with Crippen molar-refractivity contribution in [3.8, 4) is 0 Å². The summed E-state index contributed by atoms with van der Waals surface area (Å²) in [4.78, 5) is 0. The van der Waals surface area contributed by atoms with Gasteiger partial charge in [0.05, 0.1) is 0 Å². The molecule has 0 aliphatic heterocycles. The Hall–Kier alpha value is -0.780. The average Bonchev–Trinajstić information content (AvgIpc) is 2.30. The number of hydrogen-bond donors (Lipinski definition) is 0. The van der Waals surface area contributed by atoms with Gasteiger partial charge in [-0.15, -0.1) is 0 Å². The number of aryl methyl sites for hydroxylation is 2. The van der Waals surface area contributed by atoms with Crippen molar-refractivity contribution in [2.75, 3.05) is 0 Å². The van der Waals surface area contributed by atoms with Crippen molar-refractivity contribution in [2.45, 2.75) is 66.2 Å². The Balaban J connectivity index is 2.28. The Morgan fingerprint density at radius 3 is 1.28 bits per heavy atom. The second kappa shape index (κ2) is 8.34. The summed E-state index contributed by atoms with van der Waals surface area (Å²) in [5.41, 5.74) is 3.01. The maximum absolute atomic E-state index is 2.32. The van der Waals surface area contributed by atoms with Gasteiger partial charge in [-0.1, -0.05) is 64.8 Å². The average molecular weight is 246 g/mol. The maximum Gasteiger partial charge on any atom is -0.0279 e. The van der Waals surface area contributed by atoms with Crippen LogP contribution in [-0.4, -0.2) is 0 Å². The molecule has 0 heteroatoms. The van der Waals surface area contributed by atoms with Gasteiger partial charge >= 0.3 is 0 Å². The number of benzene rings is 1. The van der Waals surface area contributed by atoms with Crippen LogP contribution in [0.1, 0.15) is 64.5 Å². The topological polar surface area (TPSA) is 0 Å². The fourth-order valence-corrected chi connectivity index (χ4v) is 2.30. The number of rotatable bonds is 8. The molecule has 0 fully saturated rings. The number of hydrogen-bond acceptors (Lipinski definition) is 0. The van der Waals surface area contributed by atoms with Gasteiger partial charge in [0.2, 0.25) is 0 Å². The van der Waals surface area contributed by atoms with Crippen molar-refractivity contribution in [2.24, 2.45) is 11.8 Å². The predicted molar refractivity (Wildman–Crippen MR) is 82.0 cm³/mol. The molecule has 0 spiro atoms. The van der Waals surface area contributed by atoms with Crippen LogP contribution in [0.15, 0.2) is 24.3 Å². The van der Waals surface area contributed by atoms with Gasteiger partial charge in [0.1, 0.15) is 0 Å². The third-order valence-electron chi connectivity index (χ3n) is 3.52. The summed E-state index contributed by atoms with van der Waals surface area (Å²) in [6, 6.07) is 9.30. The lowest BCUT2D eigenvalue weighted by atomic mass is 9.99. The molecule has 0 amide bonds. The molecule has 0 saturated carbocycles. The Kier molecular flexibility index (Phi) is 7.08. The normalized spacial score (nSPS) is 11.4. The highest BCUT2D eigenvalue weighted by molar-refractivity contribution is 5.22. The molecule has 0 aliphatic carbocycles. The quantitative estimate of drug-likeness (QED) is 0.556. The lowest BCUT2D eigenvalue weighted by molar-refractivity contribution is 0.554.